The maximum Gasteiger partial charge on any atom is 0.303 e. The average molecular weight is 269 g/mol. The Morgan fingerprint density at radius 2 is 1.95 bits per heavy atom. The number of amides is 1. The quantitative estimate of drug-likeness (QED) is 0.779. The molecule has 4 heteroatoms. The van der Waals surface area contributed by atoms with Crippen molar-refractivity contribution in [2.45, 2.75) is 59.3 Å². The molecule has 2 N–H and O–H groups in total. The van der Waals surface area contributed by atoms with Gasteiger partial charge in [-0.1, -0.05) is 33.6 Å². The summed E-state index contributed by atoms with van der Waals surface area (Å²) in [7, 11) is 0. The van der Waals surface area contributed by atoms with E-state index in [1.165, 1.54) is 25.7 Å². The van der Waals surface area contributed by atoms with Gasteiger partial charge in [0.25, 0.3) is 0 Å². The highest BCUT2D eigenvalue weighted by molar-refractivity contribution is 5.77. The molecule has 1 fully saturated rings. The molecule has 0 heterocycles. The SMILES string of the molecule is CC1CCCC(CNC(=O)CC(C)(C)CC(=O)O)C1. The van der Waals surface area contributed by atoms with E-state index in [1.54, 1.807) is 0 Å². The summed E-state index contributed by atoms with van der Waals surface area (Å²) < 4.78 is 0. The van der Waals surface area contributed by atoms with Gasteiger partial charge in [-0.3, -0.25) is 9.59 Å². The predicted molar refractivity (Wildman–Crippen MR) is 74.8 cm³/mol. The van der Waals surface area contributed by atoms with Gasteiger partial charge in [-0.25, -0.2) is 0 Å². The zero-order chi connectivity index (χ0) is 14.5. The van der Waals surface area contributed by atoms with Gasteiger partial charge in [0.15, 0.2) is 0 Å². The van der Waals surface area contributed by atoms with Gasteiger partial charge in [-0.15, -0.1) is 0 Å². The fraction of sp³-hybridized carbons (Fsp3) is 0.867. The van der Waals surface area contributed by atoms with Gasteiger partial charge in [0.2, 0.25) is 5.91 Å². The van der Waals surface area contributed by atoms with Gasteiger partial charge < -0.3 is 10.4 Å². The standard InChI is InChI=1S/C15H27NO3/c1-11-5-4-6-12(7-11)10-16-13(17)8-15(2,3)9-14(18)19/h11-12H,4-10H2,1-3H3,(H,16,17)(H,18,19). The van der Waals surface area contributed by atoms with Crippen molar-refractivity contribution >= 4 is 11.9 Å². The van der Waals surface area contributed by atoms with Crippen LogP contribution in [0.3, 0.4) is 0 Å². The van der Waals surface area contributed by atoms with E-state index in [4.69, 9.17) is 5.11 Å². The number of aliphatic carboxylic acids is 1. The Hall–Kier alpha value is -1.06. The van der Waals surface area contributed by atoms with E-state index in [2.05, 4.69) is 12.2 Å². The molecule has 0 aromatic carbocycles. The molecule has 2 unspecified atom stereocenters. The first-order valence-corrected chi connectivity index (χ1v) is 7.27. The van der Waals surface area contributed by atoms with E-state index >= 15 is 0 Å². The van der Waals surface area contributed by atoms with Gasteiger partial charge in [0, 0.05) is 13.0 Å². The normalized spacial score (nSPS) is 23.9. The summed E-state index contributed by atoms with van der Waals surface area (Å²) in [6.07, 6.45) is 5.26. The third-order valence-electron chi connectivity index (χ3n) is 3.90. The molecule has 4 nitrogen and oxygen atoms in total. The second-order valence-corrected chi connectivity index (χ2v) is 6.85. The van der Waals surface area contributed by atoms with Gasteiger partial charge >= 0.3 is 5.97 Å². The van der Waals surface area contributed by atoms with E-state index in [1.807, 2.05) is 13.8 Å². The zero-order valence-corrected chi connectivity index (χ0v) is 12.4. The van der Waals surface area contributed by atoms with Crippen LogP contribution in [0, 0.1) is 17.3 Å². The highest BCUT2D eigenvalue weighted by Gasteiger charge is 2.26. The molecule has 0 radical (unpaired) electrons. The zero-order valence-electron chi connectivity index (χ0n) is 12.4. The van der Waals surface area contributed by atoms with Crippen LogP contribution in [0.5, 0.6) is 0 Å². The summed E-state index contributed by atoms with van der Waals surface area (Å²) in [6.45, 7) is 6.66. The first-order valence-electron chi connectivity index (χ1n) is 7.27. The fourth-order valence-electron chi connectivity index (χ4n) is 2.97. The molecule has 0 bridgehead atoms. The van der Waals surface area contributed by atoms with Gasteiger partial charge in [0.05, 0.1) is 6.42 Å². The number of carbonyl (C=O) groups excluding carboxylic acids is 1. The van der Waals surface area contributed by atoms with Crippen molar-refractivity contribution in [3.05, 3.63) is 0 Å². The molecular formula is C15H27NO3. The summed E-state index contributed by atoms with van der Waals surface area (Å²) in [5, 5.41) is 11.8. The summed E-state index contributed by atoms with van der Waals surface area (Å²) in [5.74, 6) is 0.484. The molecule has 1 amide bonds. The smallest absolute Gasteiger partial charge is 0.303 e. The average Bonchev–Trinajstić information content (AvgIpc) is 2.24. The second-order valence-electron chi connectivity index (χ2n) is 6.85. The lowest BCUT2D eigenvalue weighted by Gasteiger charge is -2.27. The molecular weight excluding hydrogens is 242 g/mol. The number of nitrogens with one attached hydrogen (secondary N) is 1. The Kier molecular flexibility index (Phi) is 5.83. The second kappa shape index (κ2) is 6.92. The Labute approximate surface area is 116 Å². The van der Waals surface area contributed by atoms with Crippen molar-refractivity contribution in [2.24, 2.45) is 17.3 Å². The minimum Gasteiger partial charge on any atom is -0.481 e. The fourth-order valence-corrected chi connectivity index (χ4v) is 2.97. The van der Waals surface area contributed by atoms with Crippen molar-refractivity contribution in [1.29, 1.82) is 0 Å². The Morgan fingerprint density at radius 1 is 1.26 bits per heavy atom. The summed E-state index contributed by atoms with van der Waals surface area (Å²) in [4.78, 5) is 22.6. The van der Waals surface area contributed by atoms with Crippen molar-refractivity contribution in [3.8, 4) is 0 Å². The van der Waals surface area contributed by atoms with Crippen LogP contribution in [0.2, 0.25) is 0 Å². The van der Waals surface area contributed by atoms with Crippen LogP contribution >= 0.6 is 0 Å². The number of rotatable bonds is 6. The first-order chi connectivity index (χ1) is 8.78. The lowest BCUT2D eigenvalue weighted by molar-refractivity contribution is -0.139. The third kappa shape index (κ3) is 6.60. The van der Waals surface area contributed by atoms with E-state index in [-0.39, 0.29) is 18.7 Å². The van der Waals surface area contributed by atoms with Gasteiger partial charge in [0.1, 0.15) is 0 Å². The molecule has 0 saturated heterocycles. The highest BCUT2D eigenvalue weighted by atomic mass is 16.4. The molecule has 1 aliphatic carbocycles. The molecule has 110 valence electrons. The highest BCUT2D eigenvalue weighted by Crippen LogP contribution is 2.28. The molecule has 0 aromatic heterocycles. The summed E-state index contributed by atoms with van der Waals surface area (Å²) >= 11 is 0. The van der Waals surface area contributed by atoms with E-state index in [0.717, 1.165) is 12.5 Å². The lowest BCUT2D eigenvalue weighted by Crippen LogP contribution is -2.34. The monoisotopic (exact) mass is 269 g/mol. The molecule has 19 heavy (non-hydrogen) atoms. The Morgan fingerprint density at radius 3 is 2.53 bits per heavy atom. The van der Waals surface area contributed by atoms with Crippen molar-refractivity contribution < 1.29 is 14.7 Å². The number of hydrogen-bond donors (Lipinski definition) is 2. The summed E-state index contributed by atoms with van der Waals surface area (Å²) in [6, 6.07) is 0. The van der Waals surface area contributed by atoms with Gasteiger partial charge in [-0.05, 0) is 30.1 Å². The van der Waals surface area contributed by atoms with E-state index in [9.17, 15) is 9.59 Å². The maximum atomic E-state index is 11.9. The van der Waals surface area contributed by atoms with Crippen molar-refractivity contribution in [1.82, 2.24) is 5.32 Å². The van der Waals surface area contributed by atoms with Crippen molar-refractivity contribution in [2.75, 3.05) is 6.54 Å². The topological polar surface area (TPSA) is 66.4 Å². The minimum absolute atomic E-state index is 0.0236. The van der Waals surface area contributed by atoms with Crippen LogP contribution in [0.25, 0.3) is 0 Å². The van der Waals surface area contributed by atoms with Crippen LogP contribution in [0.1, 0.15) is 59.3 Å². The first kappa shape index (κ1) is 16.0. The molecule has 2 atom stereocenters. The number of carboxylic acids is 1. The van der Waals surface area contributed by atoms with Crippen LogP contribution in [0.15, 0.2) is 0 Å². The lowest BCUT2D eigenvalue weighted by atomic mass is 9.82. The molecule has 0 spiro atoms. The van der Waals surface area contributed by atoms with E-state index in [0.29, 0.717) is 5.92 Å². The summed E-state index contributed by atoms with van der Waals surface area (Å²) in [5.41, 5.74) is -0.476. The number of carbonyl (C=O) groups is 2. The molecule has 0 aliphatic heterocycles. The largest absolute Gasteiger partial charge is 0.481 e. The number of hydrogen-bond acceptors (Lipinski definition) is 2. The Bertz CT molecular complexity index is 325. The maximum absolute atomic E-state index is 11.9. The van der Waals surface area contributed by atoms with Crippen LogP contribution in [-0.4, -0.2) is 23.5 Å². The minimum atomic E-state index is -0.848. The van der Waals surface area contributed by atoms with Crippen molar-refractivity contribution in [3.63, 3.8) is 0 Å². The number of carboxylic acid groups (broad SMARTS) is 1. The molecule has 1 saturated carbocycles. The predicted octanol–water partition coefficient (Wildman–Crippen LogP) is 2.82. The third-order valence-corrected chi connectivity index (χ3v) is 3.90. The molecule has 1 rings (SSSR count). The van der Waals surface area contributed by atoms with Crippen LogP contribution in [0.4, 0.5) is 0 Å². The molecule has 0 aromatic rings. The van der Waals surface area contributed by atoms with Gasteiger partial charge in [-0.2, -0.15) is 0 Å². The van der Waals surface area contributed by atoms with Crippen LogP contribution in [-0.2, 0) is 9.59 Å². The molecule has 1 aliphatic rings. The Balaban J connectivity index is 2.29. The van der Waals surface area contributed by atoms with E-state index < -0.39 is 11.4 Å². The van der Waals surface area contributed by atoms with Crippen LogP contribution < -0.4 is 5.32 Å².